The molecule has 0 spiro atoms. The number of rotatable bonds is 13. The first-order valence-corrected chi connectivity index (χ1v) is 15.2. The third-order valence-corrected chi connectivity index (χ3v) is 7.50. The van der Waals surface area contributed by atoms with Crippen molar-refractivity contribution in [1.29, 1.82) is 0 Å². The lowest BCUT2D eigenvalue weighted by molar-refractivity contribution is -0.149. The van der Waals surface area contributed by atoms with Crippen LogP contribution in [0.2, 0.25) is 0 Å². The first-order valence-electron chi connectivity index (χ1n) is 15.2. The summed E-state index contributed by atoms with van der Waals surface area (Å²) < 4.78 is 0. The molecule has 0 unspecified atom stereocenters. The molecular weight excluding hydrogens is 576 g/mol. The molecule has 4 atom stereocenters. The molecule has 1 aliphatic heterocycles. The van der Waals surface area contributed by atoms with Crippen LogP contribution in [0, 0.1) is 5.92 Å². The fraction of sp³-hybridized carbons (Fsp3) is 0.485. The van der Waals surface area contributed by atoms with Gasteiger partial charge in [-0.3, -0.25) is 24.0 Å². The lowest BCUT2D eigenvalue weighted by Gasteiger charge is -2.45. The van der Waals surface area contributed by atoms with Crippen molar-refractivity contribution in [3.8, 4) is 5.75 Å². The van der Waals surface area contributed by atoms with Gasteiger partial charge in [0.05, 0.1) is 18.1 Å². The first-order chi connectivity index (χ1) is 21.1. The minimum atomic E-state index is -0.983. The van der Waals surface area contributed by atoms with E-state index in [1.54, 1.807) is 17.0 Å². The minimum Gasteiger partial charge on any atom is -0.508 e. The molecule has 5 amide bonds. The second-order valence-electron chi connectivity index (χ2n) is 12.7. The van der Waals surface area contributed by atoms with Crippen LogP contribution < -0.4 is 27.0 Å². The van der Waals surface area contributed by atoms with Crippen molar-refractivity contribution in [2.24, 2.45) is 11.7 Å². The van der Waals surface area contributed by atoms with E-state index in [0.717, 1.165) is 11.1 Å². The normalized spacial score (nSPS) is 17.9. The summed E-state index contributed by atoms with van der Waals surface area (Å²) in [5, 5.41) is 20.2. The van der Waals surface area contributed by atoms with Gasteiger partial charge in [0.15, 0.2) is 0 Å². The summed E-state index contributed by atoms with van der Waals surface area (Å²) in [5.41, 5.74) is 6.91. The van der Waals surface area contributed by atoms with Gasteiger partial charge in [0.25, 0.3) is 0 Å². The van der Waals surface area contributed by atoms with Crippen molar-refractivity contribution < 1.29 is 29.1 Å². The smallest absolute Gasteiger partial charge is 0.246 e. The highest BCUT2D eigenvalue weighted by atomic mass is 16.3. The zero-order valence-corrected chi connectivity index (χ0v) is 26.6. The van der Waals surface area contributed by atoms with Crippen LogP contribution in [0.5, 0.6) is 5.75 Å². The van der Waals surface area contributed by atoms with Gasteiger partial charge < -0.3 is 37.0 Å². The average molecular weight is 623 g/mol. The molecule has 7 N–H and O–H groups in total. The van der Waals surface area contributed by atoms with Crippen molar-refractivity contribution in [3.63, 3.8) is 0 Å². The number of phenols is 1. The van der Waals surface area contributed by atoms with E-state index in [4.69, 9.17) is 5.73 Å². The number of nitrogens with one attached hydrogen (secondary N) is 4. The van der Waals surface area contributed by atoms with Crippen LogP contribution >= 0.6 is 0 Å². The van der Waals surface area contributed by atoms with Crippen molar-refractivity contribution in [2.45, 2.75) is 83.6 Å². The van der Waals surface area contributed by atoms with Crippen LogP contribution in [0.1, 0.15) is 52.2 Å². The molecule has 0 radical (unpaired) electrons. The SMILES string of the molecule is CC(C)C[C@H]1C(=O)NC(C)(C)CN1C(=O)[C@H](Cc1ccccc1)NC(=O)CNC(=O)[C@@H](C)NC(=O)[C@@H](N)Cc1ccc(O)cc1. The maximum absolute atomic E-state index is 14.0. The van der Waals surface area contributed by atoms with Gasteiger partial charge in [-0.2, -0.15) is 0 Å². The maximum atomic E-state index is 14.0. The van der Waals surface area contributed by atoms with Crippen molar-refractivity contribution in [2.75, 3.05) is 13.1 Å². The summed E-state index contributed by atoms with van der Waals surface area (Å²) in [6.07, 6.45) is 0.864. The molecule has 2 aromatic carbocycles. The van der Waals surface area contributed by atoms with Crippen LogP contribution in [0.15, 0.2) is 54.6 Å². The number of aromatic hydroxyl groups is 1. The lowest BCUT2D eigenvalue weighted by atomic mass is 9.92. The number of piperazine rings is 1. The summed E-state index contributed by atoms with van der Waals surface area (Å²) in [6, 6.07) is 11.9. The zero-order chi connectivity index (χ0) is 33.3. The molecule has 2 aromatic rings. The fourth-order valence-electron chi connectivity index (χ4n) is 5.23. The number of carbonyl (C=O) groups is 5. The highest BCUT2D eigenvalue weighted by Gasteiger charge is 2.43. The largest absolute Gasteiger partial charge is 0.508 e. The Labute approximate surface area is 264 Å². The molecule has 1 heterocycles. The second-order valence-corrected chi connectivity index (χ2v) is 12.7. The number of nitrogens with two attached hydrogens (primary N) is 1. The van der Waals surface area contributed by atoms with E-state index in [2.05, 4.69) is 21.3 Å². The van der Waals surface area contributed by atoms with E-state index in [1.165, 1.54) is 19.1 Å². The lowest BCUT2D eigenvalue weighted by Crippen LogP contribution is -2.68. The molecule has 0 aliphatic carbocycles. The Hall–Kier alpha value is -4.45. The van der Waals surface area contributed by atoms with Gasteiger partial charge in [-0.05, 0) is 62.8 Å². The molecule has 1 aliphatic rings. The Morgan fingerprint density at radius 3 is 2.20 bits per heavy atom. The van der Waals surface area contributed by atoms with Gasteiger partial charge in [-0.15, -0.1) is 0 Å². The summed E-state index contributed by atoms with van der Waals surface area (Å²) in [4.78, 5) is 67.0. The molecule has 12 heteroatoms. The number of carbonyl (C=O) groups excluding carboxylic acids is 5. The molecule has 12 nitrogen and oxygen atoms in total. The summed E-state index contributed by atoms with van der Waals surface area (Å²) in [6.45, 7) is 8.97. The molecule has 0 aromatic heterocycles. The average Bonchev–Trinajstić information content (AvgIpc) is 2.97. The molecular formula is C33H46N6O6. The van der Waals surface area contributed by atoms with Crippen molar-refractivity contribution >= 4 is 29.5 Å². The molecule has 0 saturated carbocycles. The predicted molar refractivity (Wildman–Crippen MR) is 170 cm³/mol. The van der Waals surface area contributed by atoms with Crippen LogP contribution in [0.25, 0.3) is 0 Å². The Kier molecular flexibility index (Phi) is 12.1. The van der Waals surface area contributed by atoms with E-state index in [0.29, 0.717) is 6.42 Å². The Morgan fingerprint density at radius 2 is 1.58 bits per heavy atom. The Balaban J connectivity index is 1.64. The van der Waals surface area contributed by atoms with Crippen LogP contribution in [-0.4, -0.2) is 82.3 Å². The van der Waals surface area contributed by atoms with Gasteiger partial charge in [0.2, 0.25) is 29.5 Å². The van der Waals surface area contributed by atoms with Gasteiger partial charge in [0, 0.05) is 13.0 Å². The molecule has 0 bridgehead atoms. The number of hydrogen-bond acceptors (Lipinski definition) is 7. The maximum Gasteiger partial charge on any atom is 0.246 e. The molecule has 244 valence electrons. The van der Waals surface area contributed by atoms with E-state index in [9.17, 15) is 29.1 Å². The van der Waals surface area contributed by atoms with Crippen LogP contribution in [0.3, 0.4) is 0 Å². The summed E-state index contributed by atoms with van der Waals surface area (Å²) >= 11 is 0. The zero-order valence-electron chi connectivity index (χ0n) is 26.6. The van der Waals surface area contributed by atoms with E-state index in [1.807, 2.05) is 58.0 Å². The van der Waals surface area contributed by atoms with E-state index in [-0.39, 0.29) is 42.9 Å². The topological polar surface area (TPSA) is 183 Å². The number of hydrogen-bond donors (Lipinski definition) is 6. The van der Waals surface area contributed by atoms with Gasteiger partial charge >= 0.3 is 0 Å². The minimum absolute atomic E-state index is 0.0972. The van der Waals surface area contributed by atoms with Crippen LogP contribution in [-0.2, 0) is 36.8 Å². The van der Waals surface area contributed by atoms with Crippen molar-refractivity contribution in [3.05, 3.63) is 65.7 Å². The summed E-state index contributed by atoms with van der Waals surface area (Å²) in [7, 11) is 0. The molecule has 3 rings (SSSR count). The van der Waals surface area contributed by atoms with Gasteiger partial charge in [-0.25, -0.2) is 0 Å². The predicted octanol–water partition coefficient (Wildman–Crippen LogP) is 0.762. The standard InChI is InChI=1S/C33H46N6O6/c1-20(2)15-27-31(44)38-33(4,5)19-39(27)32(45)26(17-22-9-7-6-8-10-22)37-28(41)18-35-29(42)21(3)36-30(43)25(34)16-23-11-13-24(40)14-12-23/h6-14,20-21,25-27,40H,15-19,34H2,1-5H3,(H,35,42)(H,36,43)(H,37,41)(H,38,44)/t21-,25+,26+,27+/m1/s1. The first kappa shape index (κ1) is 35.0. The number of nitrogens with zero attached hydrogens (tertiary/aromatic N) is 1. The Bertz CT molecular complexity index is 1350. The third kappa shape index (κ3) is 10.6. The van der Waals surface area contributed by atoms with Crippen LogP contribution in [0.4, 0.5) is 0 Å². The number of phenolic OH excluding ortho intramolecular Hbond substituents is 1. The highest BCUT2D eigenvalue weighted by Crippen LogP contribution is 2.23. The van der Waals surface area contributed by atoms with E-state index < -0.39 is 54.0 Å². The summed E-state index contributed by atoms with van der Waals surface area (Å²) in [5.74, 6) is -2.11. The monoisotopic (exact) mass is 622 g/mol. The molecule has 1 fully saturated rings. The Morgan fingerprint density at radius 1 is 0.956 bits per heavy atom. The number of benzene rings is 2. The third-order valence-electron chi connectivity index (χ3n) is 7.50. The highest BCUT2D eigenvalue weighted by molar-refractivity contribution is 5.95. The van der Waals surface area contributed by atoms with E-state index >= 15 is 0 Å². The fourth-order valence-corrected chi connectivity index (χ4v) is 5.23. The van der Waals surface area contributed by atoms with Crippen molar-refractivity contribution in [1.82, 2.24) is 26.2 Å². The van der Waals surface area contributed by atoms with Gasteiger partial charge in [0.1, 0.15) is 23.9 Å². The number of amides is 5. The molecule has 1 saturated heterocycles. The second kappa shape index (κ2) is 15.5. The van der Waals surface area contributed by atoms with Gasteiger partial charge in [-0.1, -0.05) is 56.3 Å². The molecule has 45 heavy (non-hydrogen) atoms. The quantitative estimate of drug-likeness (QED) is 0.191.